The van der Waals surface area contributed by atoms with Gasteiger partial charge in [-0.15, -0.1) is 0 Å². The Morgan fingerprint density at radius 2 is 1.85 bits per heavy atom. The third-order valence-corrected chi connectivity index (χ3v) is 4.70. The van der Waals surface area contributed by atoms with Crippen molar-refractivity contribution in [1.29, 1.82) is 0 Å². The molecule has 0 unspecified atom stereocenters. The number of nitrogens with zero attached hydrogens (tertiary/aromatic N) is 1. The summed E-state index contributed by atoms with van der Waals surface area (Å²) in [5.41, 5.74) is 8.97. The minimum Gasteiger partial charge on any atom is -0.366 e. The number of amides is 4. The highest BCUT2D eigenvalue weighted by Gasteiger charge is 2.31. The first kappa shape index (κ1) is 18.4. The minimum absolute atomic E-state index is 0.0407. The molecule has 1 atom stereocenters. The van der Waals surface area contributed by atoms with Gasteiger partial charge in [-0.3, -0.25) is 9.59 Å². The van der Waals surface area contributed by atoms with Crippen LogP contribution in [-0.2, 0) is 4.79 Å². The van der Waals surface area contributed by atoms with Gasteiger partial charge in [-0.25, -0.2) is 4.79 Å². The van der Waals surface area contributed by atoms with Crippen molar-refractivity contribution < 1.29 is 14.4 Å². The zero-order valence-corrected chi connectivity index (χ0v) is 15.3. The van der Waals surface area contributed by atoms with Crippen molar-refractivity contribution >= 4 is 29.2 Å². The molecule has 27 heavy (non-hydrogen) atoms. The molecule has 3 rings (SSSR count). The largest absolute Gasteiger partial charge is 0.366 e. The highest BCUT2D eigenvalue weighted by molar-refractivity contribution is 6.03. The number of carbonyl (C=O) groups is 3. The molecule has 4 amide bonds. The molecular formula is C20H22N4O3. The van der Waals surface area contributed by atoms with E-state index in [9.17, 15) is 14.4 Å². The summed E-state index contributed by atoms with van der Waals surface area (Å²) in [5.74, 6) is -0.663. The molecule has 7 nitrogen and oxygen atoms in total. The average Bonchev–Trinajstić information content (AvgIpc) is 2.97. The van der Waals surface area contributed by atoms with E-state index >= 15 is 0 Å². The number of carbonyl (C=O) groups excluding carboxylic acids is 3. The Morgan fingerprint density at radius 1 is 1.11 bits per heavy atom. The third-order valence-electron chi connectivity index (χ3n) is 4.70. The van der Waals surface area contributed by atoms with E-state index < -0.39 is 11.9 Å². The Labute approximate surface area is 157 Å². The van der Waals surface area contributed by atoms with Gasteiger partial charge >= 0.3 is 6.03 Å². The Hall–Kier alpha value is -3.35. The van der Waals surface area contributed by atoms with Crippen LogP contribution in [0.1, 0.15) is 27.9 Å². The maximum Gasteiger partial charge on any atom is 0.319 e. The van der Waals surface area contributed by atoms with Gasteiger partial charge in [0.05, 0.1) is 17.3 Å². The van der Waals surface area contributed by atoms with Crippen LogP contribution >= 0.6 is 0 Å². The summed E-state index contributed by atoms with van der Waals surface area (Å²) in [5, 5.41) is 5.41. The molecule has 0 radical (unpaired) electrons. The molecule has 0 spiro atoms. The molecule has 7 heteroatoms. The summed E-state index contributed by atoms with van der Waals surface area (Å²) < 4.78 is 0. The van der Waals surface area contributed by atoms with Gasteiger partial charge in [-0.2, -0.15) is 0 Å². The van der Waals surface area contributed by atoms with Crippen molar-refractivity contribution in [3.63, 3.8) is 0 Å². The summed E-state index contributed by atoms with van der Waals surface area (Å²) >= 11 is 0. The Morgan fingerprint density at radius 3 is 2.56 bits per heavy atom. The summed E-state index contributed by atoms with van der Waals surface area (Å²) in [6.07, 6.45) is 0.220. The molecule has 1 heterocycles. The van der Waals surface area contributed by atoms with E-state index in [1.807, 2.05) is 32.0 Å². The second kappa shape index (κ2) is 7.49. The van der Waals surface area contributed by atoms with Crippen LogP contribution in [0.15, 0.2) is 42.5 Å². The fourth-order valence-corrected chi connectivity index (χ4v) is 3.10. The number of nitrogens with two attached hydrogens (primary N) is 1. The van der Waals surface area contributed by atoms with Gasteiger partial charge < -0.3 is 21.3 Å². The summed E-state index contributed by atoms with van der Waals surface area (Å²) in [4.78, 5) is 37.8. The lowest BCUT2D eigenvalue weighted by atomic mass is 10.1. The molecule has 0 saturated carbocycles. The van der Waals surface area contributed by atoms with Gasteiger partial charge in [0.25, 0.3) is 5.91 Å². The van der Waals surface area contributed by atoms with Gasteiger partial charge in [0, 0.05) is 18.7 Å². The number of primary amides is 1. The second-order valence-corrected chi connectivity index (χ2v) is 6.68. The van der Waals surface area contributed by atoms with Gasteiger partial charge in [-0.05, 0) is 49.2 Å². The standard InChI is InChI=1S/C20H22N4O3/c1-12-7-8-15(9-13(12)2)24-11-14(10-18(24)25)22-20(27)23-17-6-4-3-5-16(17)19(21)26/h3-9,14H,10-11H2,1-2H3,(H2,21,26)(H2,22,23,27)/t14-/m1/s1. The van der Waals surface area contributed by atoms with Gasteiger partial charge in [-0.1, -0.05) is 18.2 Å². The quantitative estimate of drug-likeness (QED) is 0.773. The monoisotopic (exact) mass is 366 g/mol. The number of para-hydroxylation sites is 1. The smallest absolute Gasteiger partial charge is 0.319 e. The number of anilines is 2. The van der Waals surface area contributed by atoms with E-state index in [4.69, 9.17) is 5.73 Å². The molecule has 1 saturated heterocycles. The van der Waals surface area contributed by atoms with Crippen molar-refractivity contribution in [3.8, 4) is 0 Å². The third kappa shape index (κ3) is 4.08. The van der Waals surface area contributed by atoms with Crippen molar-refractivity contribution in [2.24, 2.45) is 5.73 Å². The van der Waals surface area contributed by atoms with Crippen LogP contribution < -0.4 is 21.3 Å². The Bertz CT molecular complexity index is 910. The zero-order chi connectivity index (χ0) is 19.6. The predicted octanol–water partition coefficient (Wildman–Crippen LogP) is 2.33. The number of rotatable bonds is 4. The fourth-order valence-electron chi connectivity index (χ4n) is 3.10. The Balaban J connectivity index is 1.65. The number of hydrogen-bond acceptors (Lipinski definition) is 3. The van der Waals surface area contributed by atoms with E-state index in [1.54, 1.807) is 29.2 Å². The lowest BCUT2D eigenvalue weighted by Crippen LogP contribution is -2.40. The first-order valence-corrected chi connectivity index (χ1v) is 8.69. The molecular weight excluding hydrogens is 344 g/mol. The molecule has 0 bridgehead atoms. The lowest BCUT2D eigenvalue weighted by molar-refractivity contribution is -0.117. The Kier molecular flexibility index (Phi) is 5.12. The van der Waals surface area contributed by atoms with Crippen LogP contribution in [-0.4, -0.2) is 30.4 Å². The van der Waals surface area contributed by atoms with Crippen molar-refractivity contribution in [3.05, 3.63) is 59.2 Å². The van der Waals surface area contributed by atoms with E-state index in [1.165, 1.54) is 0 Å². The molecule has 0 aliphatic carbocycles. The van der Waals surface area contributed by atoms with Gasteiger partial charge in [0.2, 0.25) is 5.91 Å². The second-order valence-electron chi connectivity index (χ2n) is 6.68. The maximum absolute atomic E-state index is 12.4. The molecule has 1 aliphatic heterocycles. The number of urea groups is 1. The van der Waals surface area contributed by atoms with E-state index in [-0.39, 0.29) is 23.9 Å². The summed E-state index contributed by atoms with van der Waals surface area (Å²) in [6.45, 7) is 4.41. The molecule has 2 aromatic rings. The van der Waals surface area contributed by atoms with Crippen LogP contribution in [0.25, 0.3) is 0 Å². The molecule has 0 aromatic heterocycles. The van der Waals surface area contributed by atoms with Crippen LogP contribution in [0.3, 0.4) is 0 Å². The molecule has 1 fully saturated rings. The number of nitrogens with one attached hydrogen (secondary N) is 2. The predicted molar refractivity (Wildman–Crippen MR) is 104 cm³/mol. The topological polar surface area (TPSA) is 105 Å². The fraction of sp³-hybridized carbons (Fsp3) is 0.250. The van der Waals surface area contributed by atoms with E-state index in [2.05, 4.69) is 10.6 Å². The van der Waals surface area contributed by atoms with Crippen LogP contribution in [0.5, 0.6) is 0 Å². The molecule has 4 N–H and O–H groups in total. The van der Waals surface area contributed by atoms with Gasteiger partial charge in [0.1, 0.15) is 0 Å². The van der Waals surface area contributed by atoms with E-state index in [0.29, 0.717) is 12.2 Å². The highest BCUT2D eigenvalue weighted by Crippen LogP contribution is 2.24. The number of benzene rings is 2. The number of aryl methyl sites for hydroxylation is 2. The first-order valence-electron chi connectivity index (χ1n) is 8.69. The maximum atomic E-state index is 12.4. The van der Waals surface area contributed by atoms with Crippen LogP contribution in [0.4, 0.5) is 16.2 Å². The normalized spacial score (nSPS) is 16.3. The molecule has 140 valence electrons. The van der Waals surface area contributed by atoms with Crippen molar-refractivity contribution in [2.75, 3.05) is 16.8 Å². The van der Waals surface area contributed by atoms with Crippen molar-refractivity contribution in [2.45, 2.75) is 26.3 Å². The van der Waals surface area contributed by atoms with Gasteiger partial charge in [0.15, 0.2) is 0 Å². The number of hydrogen-bond donors (Lipinski definition) is 3. The summed E-state index contributed by atoms with van der Waals surface area (Å²) in [7, 11) is 0. The highest BCUT2D eigenvalue weighted by atomic mass is 16.2. The molecule has 1 aliphatic rings. The molecule has 2 aromatic carbocycles. The lowest BCUT2D eigenvalue weighted by Gasteiger charge is -2.18. The first-order chi connectivity index (χ1) is 12.8. The minimum atomic E-state index is -0.622. The van der Waals surface area contributed by atoms with Crippen LogP contribution in [0, 0.1) is 13.8 Å². The van der Waals surface area contributed by atoms with Crippen molar-refractivity contribution in [1.82, 2.24) is 5.32 Å². The zero-order valence-electron chi connectivity index (χ0n) is 15.3. The average molecular weight is 366 g/mol. The van der Waals surface area contributed by atoms with Crippen LogP contribution in [0.2, 0.25) is 0 Å². The van der Waals surface area contributed by atoms with E-state index in [0.717, 1.165) is 16.8 Å². The summed E-state index contributed by atoms with van der Waals surface area (Å²) in [6, 6.07) is 11.6. The SMILES string of the molecule is Cc1ccc(N2C[C@H](NC(=O)Nc3ccccc3C(N)=O)CC2=O)cc1C.